The molecule has 0 fully saturated rings. The van der Waals surface area contributed by atoms with Crippen LogP contribution in [0, 0.1) is 0 Å². The summed E-state index contributed by atoms with van der Waals surface area (Å²) in [7, 11) is 0. The van der Waals surface area contributed by atoms with Crippen LogP contribution in [0.4, 0.5) is 0 Å². The van der Waals surface area contributed by atoms with Crippen molar-refractivity contribution < 1.29 is 0 Å². The van der Waals surface area contributed by atoms with Crippen molar-refractivity contribution in [2.24, 2.45) is 0 Å². The summed E-state index contributed by atoms with van der Waals surface area (Å²) in [5, 5.41) is 3.71. The van der Waals surface area contributed by atoms with Gasteiger partial charge in [0.25, 0.3) is 5.56 Å². The average molecular weight is 475 g/mol. The summed E-state index contributed by atoms with van der Waals surface area (Å²) in [6.45, 7) is 0. The summed E-state index contributed by atoms with van der Waals surface area (Å²) in [4.78, 5) is 18.7. The maximum Gasteiger partial charge on any atom is 0.263 e. The van der Waals surface area contributed by atoms with Crippen molar-refractivity contribution in [1.29, 1.82) is 0 Å². The number of pyridine rings is 2. The van der Waals surface area contributed by atoms with Gasteiger partial charge in [-0.25, -0.2) is 0 Å². The second-order valence-corrected chi connectivity index (χ2v) is 9.22. The zero-order chi connectivity index (χ0) is 24.8. The van der Waals surface area contributed by atoms with Gasteiger partial charge in [-0.05, 0) is 70.1 Å². The van der Waals surface area contributed by atoms with Crippen LogP contribution in [0.1, 0.15) is 0 Å². The van der Waals surface area contributed by atoms with Crippen molar-refractivity contribution in [3.63, 3.8) is 0 Å². The molecule has 37 heavy (non-hydrogen) atoms. The third-order valence-corrected chi connectivity index (χ3v) is 7.02. The first kappa shape index (κ1) is 21.3. The van der Waals surface area contributed by atoms with Crippen LogP contribution in [0.15, 0.2) is 138 Å². The zero-order valence-corrected chi connectivity index (χ0v) is 20.0. The molecule has 174 valence electrons. The van der Waals surface area contributed by atoms with Gasteiger partial charge >= 0.3 is 0 Å². The first-order valence-corrected chi connectivity index (χ1v) is 12.4. The van der Waals surface area contributed by atoms with Crippen LogP contribution in [0.5, 0.6) is 0 Å². The van der Waals surface area contributed by atoms with Crippen LogP contribution >= 0.6 is 0 Å². The van der Waals surface area contributed by atoms with Gasteiger partial charge in [-0.15, -0.1) is 0 Å². The van der Waals surface area contributed by atoms with Gasteiger partial charge < -0.3 is 0 Å². The van der Waals surface area contributed by atoms with E-state index in [-0.39, 0.29) is 5.56 Å². The van der Waals surface area contributed by atoms with Crippen LogP contribution in [-0.2, 0) is 0 Å². The molecule has 3 heteroatoms. The zero-order valence-electron chi connectivity index (χ0n) is 20.0. The molecule has 0 radical (unpaired) electrons. The molecule has 2 aromatic heterocycles. The fourth-order valence-electron chi connectivity index (χ4n) is 5.32. The number of aromatic nitrogens is 2. The predicted octanol–water partition coefficient (Wildman–Crippen LogP) is 8.03. The standard InChI is InChI=1S/C34H22N2O/c37-34-29-15-8-7-14-28(29)33-30-16-9-19-35-31(30)17-18-32(33)36(34)27-21-25(23-10-3-1-4-11-23)20-26(22-27)24-12-5-2-6-13-24/h1-22H. The molecule has 0 N–H and O–H groups in total. The summed E-state index contributed by atoms with van der Waals surface area (Å²) in [6.07, 6.45) is 1.81. The highest BCUT2D eigenvalue weighted by Gasteiger charge is 2.16. The first-order chi connectivity index (χ1) is 18.3. The molecule has 0 aliphatic rings. The monoisotopic (exact) mass is 474 g/mol. The topological polar surface area (TPSA) is 34.9 Å². The minimum atomic E-state index is -0.0319. The number of nitrogens with zero attached hydrogens (tertiary/aromatic N) is 2. The SMILES string of the molecule is O=c1c2ccccc2c2c3cccnc3ccc2n1-c1cc(-c2ccccc2)cc(-c2ccccc2)c1. The minimum Gasteiger partial charge on any atom is -0.276 e. The lowest BCUT2D eigenvalue weighted by molar-refractivity contribution is 1.06. The molecule has 5 aromatic carbocycles. The molecule has 7 rings (SSSR count). The molecular formula is C34H22N2O. The van der Waals surface area contributed by atoms with Gasteiger partial charge in [0.2, 0.25) is 0 Å². The molecule has 0 saturated heterocycles. The largest absolute Gasteiger partial charge is 0.276 e. The van der Waals surface area contributed by atoms with Gasteiger partial charge in [0.1, 0.15) is 0 Å². The molecule has 0 amide bonds. The van der Waals surface area contributed by atoms with Crippen LogP contribution in [0.25, 0.3) is 60.5 Å². The van der Waals surface area contributed by atoms with Gasteiger partial charge in [-0.1, -0.05) is 84.9 Å². The summed E-state index contributed by atoms with van der Waals surface area (Å²) < 4.78 is 1.86. The third kappa shape index (κ3) is 3.52. The van der Waals surface area contributed by atoms with E-state index in [0.29, 0.717) is 5.39 Å². The summed E-state index contributed by atoms with van der Waals surface area (Å²) in [5.41, 5.74) is 6.92. The molecule has 3 nitrogen and oxygen atoms in total. The summed E-state index contributed by atoms with van der Waals surface area (Å²) >= 11 is 0. The second-order valence-electron chi connectivity index (χ2n) is 9.22. The number of rotatable bonds is 3. The Morgan fingerprint density at radius 3 is 1.78 bits per heavy atom. The van der Waals surface area contributed by atoms with Gasteiger partial charge in [0.15, 0.2) is 0 Å². The Labute approximate surface area is 213 Å². The van der Waals surface area contributed by atoms with Crippen molar-refractivity contribution in [3.8, 4) is 27.9 Å². The smallest absolute Gasteiger partial charge is 0.263 e. The van der Waals surface area contributed by atoms with E-state index in [1.165, 1.54) is 0 Å². The van der Waals surface area contributed by atoms with Crippen molar-refractivity contribution in [2.75, 3.05) is 0 Å². The Hall–Kier alpha value is -5.02. The molecule has 0 bridgehead atoms. The average Bonchev–Trinajstić information content (AvgIpc) is 2.98. The summed E-state index contributed by atoms with van der Waals surface area (Å²) in [6, 6.07) is 43.0. The maximum atomic E-state index is 14.1. The predicted molar refractivity (Wildman–Crippen MR) is 153 cm³/mol. The fourth-order valence-corrected chi connectivity index (χ4v) is 5.32. The first-order valence-electron chi connectivity index (χ1n) is 12.4. The Morgan fingerprint density at radius 2 is 1.11 bits per heavy atom. The van der Waals surface area contributed by atoms with E-state index in [9.17, 15) is 4.79 Å². The number of fused-ring (bicyclic) bond motifs is 5. The third-order valence-electron chi connectivity index (χ3n) is 7.02. The molecular weight excluding hydrogens is 452 g/mol. The molecule has 0 spiro atoms. The number of benzene rings is 5. The Kier molecular flexibility index (Phi) is 4.93. The highest BCUT2D eigenvalue weighted by Crippen LogP contribution is 2.34. The van der Waals surface area contributed by atoms with Crippen LogP contribution in [0.2, 0.25) is 0 Å². The Morgan fingerprint density at radius 1 is 0.514 bits per heavy atom. The Balaban J connectivity index is 1.63. The van der Waals surface area contributed by atoms with Gasteiger partial charge in [-0.2, -0.15) is 0 Å². The molecule has 0 unspecified atom stereocenters. The van der Waals surface area contributed by atoms with Gasteiger partial charge in [0, 0.05) is 22.4 Å². The minimum absolute atomic E-state index is 0.0319. The number of hydrogen-bond donors (Lipinski definition) is 0. The normalized spacial score (nSPS) is 11.4. The van der Waals surface area contributed by atoms with Crippen molar-refractivity contribution >= 4 is 32.6 Å². The van der Waals surface area contributed by atoms with Crippen LogP contribution < -0.4 is 5.56 Å². The Bertz CT molecular complexity index is 1930. The molecule has 0 saturated carbocycles. The summed E-state index contributed by atoms with van der Waals surface area (Å²) in [5.74, 6) is 0. The molecule has 7 aromatic rings. The lowest BCUT2D eigenvalue weighted by Crippen LogP contribution is -2.19. The van der Waals surface area contributed by atoms with Crippen molar-refractivity contribution in [2.45, 2.75) is 0 Å². The van der Waals surface area contributed by atoms with E-state index >= 15 is 0 Å². The molecule has 0 aliphatic carbocycles. The second kappa shape index (κ2) is 8.58. The van der Waals surface area contributed by atoms with E-state index in [0.717, 1.165) is 55.1 Å². The highest BCUT2D eigenvalue weighted by molar-refractivity contribution is 6.18. The van der Waals surface area contributed by atoms with Gasteiger partial charge in [-0.3, -0.25) is 14.3 Å². The quantitative estimate of drug-likeness (QED) is 0.243. The highest BCUT2D eigenvalue weighted by atomic mass is 16.1. The fraction of sp³-hybridized carbons (Fsp3) is 0. The van der Waals surface area contributed by atoms with Gasteiger partial charge in [0.05, 0.1) is 16.7 Å². The lowest BCUT2D eigenvalue weighted by Gasteiger charge is -2.17. The number of hydrogen-bond acceptors (Lipinski definition) is 2. The molecule has 0 aliphatic heterocycles. The lowest BCUT2D eigenvalue weighted by atomic mass is 9.97. The van der Waals surface area contributed by atoms with E-state index in [1.54, 1.807) is 0 Å². The van der Waals surface area contributed by atoms with E-state index in [4.69, 9.17) is 0 Å². The maximum absolute atomic E-state index is 14.1. The van der Waals surface area contributed by atoms with Crippen LogP contribution in [-0.4, -0.2) is 9.55 Å². The van der Waals surface area contributed by atoms with E-state index in [1.807, 2.05) is 89.6 Å². The molecule has 0 atom stereocenters. The van der Waals surface area contributed by atoms with Crippen LogP contribution in [0.3, 0.4) is 0 Å². The molecule has 2 heterocycles. The van der Waals surface area contributed by atoms with Crippen molar-refractivity contribution in [3.05, 3.63) is 144 Å². The van der Waals surface area contributed by atoms with E-state index < -0.39 is 0 Å². The van der Waals surface area contributed by atoms with E-state index in [2.05, 4.69) is 53.5 Å². The van der Waals surface area contributed by atoms with Crippen molar-refractivity contribution in [1.82, 2.24) is 9.55 Å².